The lowest BCUT2D eigenvalue weighted by Crippen LogP contribution is -2.27. The van der Waals surface area contributed by atoms with Crippen molar-refractivity contribution in [3.8, 4) is 22.5 Å². The molecule has 1 N–H and O–H groups in total. The van der Waals surface area contributed by atoms with Gasteiger partial charge in [0, 0.05) is 37.8 Å². The Morgan fingerprint density at radius 3 is 2.62 bits per heavy atom. The second-order valence-electron chi connectivity index (χ2n) is 8.29. The Morgan fingerprint density at radius 1 is 1.03 bits per heavy atom. The van der Waals surface area contributed by atoms with Gasteiger partial charge in [-0.2, -0.15) is 0 Å². The summed E-state index contributed by atoms with van der Waals surface area (Å²) >= 11 is 0. The number of hydrogen-bond donors (Lipinski definition) is 1. The van der Waals surface area contributed by atoms with E-state index in [1.807, 2.05) is 55.3 Å². The van der Waals surface area contributed by atoms with E-state index in [2.05, 4.69) is 31.7 Å². The lowest BCUT2D eigenvalue weighted by atomic mass is 10.0. The number of aromatic nitrogens is 7. The molecule has 4 aromatic heterocycles. The van der Waals surface area contributed by atoms with E-state index in [-0.39, 0.29) is 11.7 Å². The molecule has 32 heavy (non-hydrogen) atoms. The fraction of sp³-hybridized carbons (Fsp3) is 0.261. The number of nitrogens with one attached hydrogen (secondary N) is 1. The zero-order chi connectivity index (χ0) is 21.8. The molecule has 0 aliphatic carbocycles. The maximum Gasteiger partial charge on any atom is 0.329 e. The number of rotatable bonds is 3. The highest BCUT2D eigenvalue weighted by Gasteiger charge is 2.24. The molecule has 1 aliphatic heterocycles. The number of benzene rings is 1. The molecular weight excluding hydrogens is 404 g/mol. The maximum absolute atomic E-state index is 13.1. The van der Waals surface area contributed by atoms with Crippen molar-refractivity contribution in [1.82, 2.24) is 39.4 Å². The highest BCUT2D eigenvalue weighted by Crippen LogP contribution is 2.31. The molecule has 0 saturated carbocycles. The van der Waals surface area contributed by atoms with Gasteiger partial charge in [0.15, 0.2) is 0 Å². The molecule has 5 heterocycles. The maximum atomic E-state index is 13.1. The Hall–Kier alpha value is -3.85. The van der Waals surface area contributed by atoms with Crippen molar-refractivity contribution in [3.63, 3.8) is 0 Å². The second kappa shape index (κ2) is 7.10. The van der Waals surface area contributed by atoms with Crippen molar-refractivity contribution in [2.45, 2.75) is 12.5 Å². The van der Waals surface area contributed by atoms with E-state index in [9.17, 15) is 4.79 Å². The Morgan fingerprint density at radius 2 is 1.91 bits per heavy atom. The van der Waals surface area contributed by atoms with Gasteiger partial charge in [-0.1, -0.05) is 17.3 Å². The summed E-state index contributed by atoms with van der Waals surface area (Å²) in [6.07, 6.45) is 6.43. The van der Waals surface area contributed by atoms with Crippen LogP contribution in [0.3, 0.4) is 0 Å². The first-order valence-electron chi connectivity index (χ1n) is 10.6. The van der Waals surface area contributed by atoms with Crippen LogP contribution >= 0.6 is 0 Å². The molecule has 1 aromatic carbocycles. The molecule has 0 spiro atoms. The molecule has 0 unspecified atom stereocenters. The summed E-state index contributed by atoms with van der Waals surface area (Å²) in [4.78, 5) is 22.3. The minimum absolute atomic E-state index is 0.00314. The smallest absolute Gasteiger partial charge is 0.315 e. The van der Waals surface area contributed by atoms with Crippen LogP contribution in [0.15, 0.2) is 53.7 Å². The van der Waals surface area contributed by atoms with Gasteiger partial charge in [0.1, 0.15) is 5.69 Å². The monoisotopic (exact) mass is 426 g/mol. The van der Waals surface area contributed by atoms with Gasteiger partial charge in [-0.05, 0) is 36.7 Å². The normalized spacial score (nSPS) is 16.4. The van der Waals surface area contributed by atoms with Crippen molar-refractivity contribution in [2.75, 3.05) is 13.1 Å². The summed E-state index contributed by atoms with van der Waals surface area (Å²) in [5.41, 5.74) is 6.20. The van der Waals surface area contributed by atoms with E-state index < -0.39 is 0 Å². The summed E-state index contributed by atoms with van der Waals surface area (Å²) in [6.45, 7) is 1.72. The molecule has 5 aromatic rings. The predicted molar refractivity (Wildman–Crippen MR) is 122 cm³/mol. The Labute approximate surface area is 183 Å². The molecule has 1 saturated heterocycles. The number of aryl methyl sites for hydroxylation is 2. The molecule has 0 bridgehead atoms. The van der Waals surface area contributed by atoms with E-state index in [0.29, 0.717) is 0 Å². The molecule has 1 fully saturated rings. The van der Waals surface area contributed by atoms with E-state index in [4.69, 9.17) is 0 Å². The predicted octanol–water partition coefficient (Wildman–Crippen LogP) is 2.28. The fourth-order valence-corrected chi connectivity index (χ4v) is 4.59. The molecule has 6 rings (SSSR count). The summed E-state index contributed by atoms with van der Waals surface area (Å²) in [6, 6.07) is 10.3. The first-order valence-corrected chi connectivity index (χ1v) is 10.6. The van der Waals surface area contributed by atoms with Crippen molar-refractivity contribution in [3.05, 3.63) is 59.4 Å². The van der Waals surface area contributed by atoms with Crippen LogP contribution in [0.2, 0.25) is 0 Å². The van der Waals surface area contributed by atoms with Crippen molar-refractivity contribution < 1.29 is 0 Å². The first kappa shape index (κ1) is 18.9. The summed E-state index contributed by atoms with van der Waals surface area (Å²) < 4.78 is 5.30. The number of hydrogen-bond acceptors (Lipinski definition) is 6. The first-order chi connectivity index (χ1) is 15.6. The molecule has 9 nitrogen and oxygen atoms in total. The lowest BCUT2D eigenvalue weighted by Gasteiger charge is -2.12. The van der Waals surface area contributed by atoms with E-state index in [1.165, 1.54) is 0 Å². The Kier molecular flexibility index (Phi) is 4.19. The molecule has 1 aliphatic rings. The molecule has 9 heteroatoms. The molecule has 0 radical (unpaired) electrons. The van der Waals surface area contributed by atoms with Crippen LogP contribution in [0.4, 0.5) is 0 Å². The zero-order valence-corrected chi connectivity index (χ0v) is 17.9. The van der Waals surface area contributed by atoms with Crippen molar-refractivity contribution >= 4 is 21.9 Å². The molecular formula is C23H22N8O. The van der Waals surface area contributed by atoms with Crippen LogP contribution in [0.1, 0.15) is 12.5 Å². The third kappa shape index (κ3) is 2.85. The van der Waals surface area contributed by atoms with E-state index >= 15 is 0 Å². The van der Waals surface area contributed by atoms with Gasteiger partial charge >= 0.3 is 5.69 Å². The van der Waals surface area contributed by atoms with Crippen LogP contribution in [-0.4, -0.2) is 47.2 Å². The standard InChI is InChI=1S/C23H22N8O/c1-29-13-20(27-28-29)19-6-4-15(10-25-19)14-3-5-18-17(9-14)22-21(12-26-18)30(2)23(32)31(22)16-7-8-24-11-16/h3-6,9-10,12-13,16,24H,7-8,11H2,1-2H3/t16-/m0/s1. The molecule has 160 valence electrons. The van der Waals surface area contributed by atoms with Gasteiger partial charge in [0.05, 0.1) is 40.7 Å². The summed E-state index contributed by atoms with van der Waals surface area (Å²) in [5.74, 6) is 0. The summed E-state index contributed by atoms with van der Waals surface area (Å²) in [5, 5.41) is 12.4. The third-order valence-electron chi connectivity index (χ3n) is 6.28. The highest BCUT2D eigenvalue weighted by molar-refractivity contribution is 6.04. The highest BCUT2D eigenvalue weighted by atomic mass is 16.1. The average molecular weight is 426 g/mol. The van der Waals surface area contributed by atoms with Gasteiger partial charge in [-0.15, -0.1) is 5.10 Å². The van der Waals surface area contributed by atoms with Gasteiger partial charge < -0.3 is 5.32 Å². The largest absolute Gasteiger partial charge is 0.329 e. The van der Waals surface area contributed by atoms with Crippen LogP contribution in [-0.2, 0) is 14.1 Å². The Bertz CT molecular complexity index is 1520. The third-order valence-corrected chi connectivity index (χ3v) is 6.28. The van der Waals surface area contributed by atoms with Crippen LogP contribution in [0.25, 0.3) is 44.5 Å². The SMILES string of the molecule is Cn1cc(-c2ccc(-c3ccc4ncc5c(c4c3)n([C@H]3CCNC3)c(=O)n5C)cn2)nn1. The number of imidazole rings is 1. The van der Waals surface area contributed by atoms with Gasteiger partial charge in [-0.3, -0.25) is 23.8 Å². The van der Waals surface area contributed by atoms with Crippen molar-refractivity contribution in [2.24, 2.45) is 14.1 Å². The number of pyridine rings is 2. The topological polar surface area (TPSA) is 95.5 Å². The molecule has 1 atom stereocenters. The van der Waals surface area contributed by atoms with Crippen LogP contribution in [0, 0.1) is 0 Å². The average Bonchev–Trinajstić information content (AvgIpc) is 3.55. The minimum Gasteiger partial charge on any atom is -0.315 e. The van der Waals surface area contributed by atoms with Crippen LogP contribution < -0.4 is 11.0 Å². The second-order valence-corrected chi connectivity index (χ2v) is 8.29. The number of nitrogens with zero attached hydrogens (tertiary/aromatic N) is 7. The zero-order valence-electron chi connectivity index (χ0n) is 17.9. The lowest BCUT2D eigenvalue weighted by molar-refractivity contribution is 0.536. The fourth-order valence-electron chi connectivity index (χ4n) is 4.59. The van der Waals surface area contributed by atoms with E-state index in [1.54, 1.807) is 15.4 Å². The Balaban J connectivity index is 1.51. The van der Waals surface area contributed by atoms with Gasteiger partial charge in [-0.25, -0.2) is 4.79 Å². The minimum atomic E-state index is 0.00314. The van der Waals surface area contributed by atoms with Crippen molar-refractivity contribution in [1.29, 1.82) is 0 Å². The number of fused-ring (bicyclic) bond motifs is 3. The summed E-state index contributed by atoms with van der Waals surface area (Å²) in [7, 11) is 3.65. The molecule has 0 amide bonds. The van der Waals surface area contributed by atoms with Crippen LogP contribution in [0.5, 0.6) is 0 Å². The van der Waals surface area contributed by atoms with E-state index in [0.717, 1.165) is 64.0 Å². The van der Waals surface area contributed by atoms with Gasteiger partial charge in [0.2, 0.25) is 0 Å². The van der Waals surface area contributed by atoms with Gasteiger partial charge in [0.25, 0.3) is 0 Å². The quantitative estimate of drug-likeness (QED) is 0.476.